The fourth-order valence-corrected chi connectivity index (χ4v) is 1.31. The predicted octanol–water partition coefficient (Wildman–Crippen LogP) is 3.19. The van der Waals surface area contributed by atoms with E-state index < -0.39 is 0 Å². The minimum absolute atomic E-state index is 0.517. The largest absolute Gasteiger partial charge is 0.296 e. The van der Waals surface area contributed by atoms with E-state index in [0.717, 1.165) is 11.3 Å². The molecule has 0 saturated heterocycles. The number of benzene rings is 1. The van der Waals surface area contributed by atoms with Gasteiger partial charge in [-0.1, -0.05) is 26.0 Å². The molecule has 1 aromatic rings. The van der Waals surface area contributed by atoms with E-state index in [1.54, 1.807) is 13.3 Å². The molecule has 0 amide bonds. The molecule has 0 spiro atoms. The zero-order chi connectivity index (χ0) is 10.6. The SMILES string of the molecule is C=Nc1cc(C(C)C)ccc1/C=N\C. The minimum Gasteiger partial charge on any atom is -0.296 e. The molecule has 14 heavy (non-hydrogen) atoms. The lowest BCUT2D eigenvalue weighted by molar-refractivity contribution is 0.867. The summed E-state index contributed by atoms with van der Waals surface area (Å²) in [5.74, 6) is 0.517. The van der Waals surface area contributed by atoms with E-state index in [4.69, 9.17) is 0 Å². The van der Waals surface area contributed by atoms with Gasteiger partial charge in [0.2, 0.25) is 0 Å². The van der Waals surface area contributed by atoms with Gasteiger partial charge >= 0.3 is 0 Å². The quantitative estimate of drug-likeness (QED) is 0.651. The van der Waals surface area contributed by atoms with Gasteiger partial charge in [-0.3, -0.25) is 9.98 Å². The normalized spacial score (nSPS) is 11.1. The molecule has 2 heteroatoms. The Hall–Kier alpha value is -1.44. The number of nitrogens with zero attached hydrogens (tertiary/aromatic N) is 2. The first kappa shape index (κ1) is 10.6. The molecule has 0 fully saturated rings. The van der Waals surface area contributed by atoms with Gasteiger partial charge in [-0.15, -0.1) is 0 Å². The molecule has 0 aromatic heterocycles. The highest BCUT2D eigenvalue weighted by molar-refractivity contribution is 5.87. The molecule has 0 aliphatic carbocycles. The fourth-order valence-electron chi connectivity index (χ4n) is 1.31. The van der Waals surface area contributed by atoms with Crippen molar-refractivity contribution >= 4 is 18.6 Å². The molecule has 2 nitrogen and oxygen atoms in total. The molecule has 0 atom stereocenters. The molecule has 0 heterocycles. The van der Waals surface area contributed by atoms with Gasteiger partial charge in [0.05, 0.1) is 5.69 Å². The van der Waals surface area contributed by atoms with E-state index in [2.05, 4.69) is 42.7 Å². The Balaban J connectivity index is 3.17. The first-order valence-electron chi connectivity index (χ1n) is 4.72. The zero-order valence-electron chi connectivity index (χ0n) is 8.99. The number of hydrogen-bond donors (Lipinski definition) is 0. The lowest BCUT2D eigenvalue weighted by Gasteiger charge is -2.07. The van der Waals surface area contributed by atoms with Crippen molar-refractivity contribution in [3.8, 4) is 0 Å². The van der Waals surface area contributed by atoms with Crippen LogP contribution in [0.25, 0.3) is 0 Å². The van der Waals surface area contributed by atoms with Crippen molar-refractivity contribution in [2.75, 3.05) is 7.05 Å². The highest BCUT2D eigenvalue weighted by Gasteiger charge is 2.03. The van der Waals surface area contributed by atoms with E-state index in [9.17, 15) is 0 Å². The molecular weight excluding hydrogens is 172 g/mol. The highest BCUT2D eigenvalue weighted by Crippen LogP contribution is 2.23. The average molecular weight is 188 g/mol. The molecule has 0 unspecified atom stereocenters. The summed E-state index contributed by atoms with van der Waals surface area (Å²) in [6.07, 6.45) is 1.80. The maximum Gasteiger partial charge on any atom is 0.0712 e. The summed E-state index contributed by atoms with van der Waals surface area (Å²) in [7, 11) is 1.75. The minimum atomic E-state index is 0.517. The number of rotatable bonds is 3. The second-order valence-electron chi connectivity index (χ2n) is 3.52. The number of aliphatic imine (C=N–C) groups is 2. The van der Waals surface area contributed by atoms with Crippen LogP contribution in [0, 0.1) is 0 Å². The Morgan fingerprint density at radius 3 is 2.57 bits per heavy atom. The smallest absolute Gasteiger partial charge is 0.0712 e. The Bertz CT molecular complexity index is 351. The fraction of sp³-hybridized carbons (Fsp3) is 0.333. The van der Waals surface area contributed by atoms with Crippen LogP contribution in [0.15, 0.2) is 28.2 Å². The first-order valence-corrected chi connectivity index (χ1v) is 4.72. The molecule has 0 saturated carbocycles. The lowest BCUT2D eigenvalue weighted by atomic mass is 10.0. The summed E-state index contributed by atoms with van der Waals surface area (Å²) in [6, 6.07) is 6.21. The molecule has 0 aliphatic rings. The van der Waals surface area contributed by atoms with Crippen LogP contribution in [0.2, 0.25) is 0 Å². The maximum absolute atomic E-state index is 3.99. The summed E-state index contributed by atoms with van der Waals surface area (Å²) >= 11 is 0. The van der Waals surface area contributed by atoms with E-state index in [-0.39, 0.29) is 0 Å². The second-order valence-corrected chi connectivity index (χ2v) is 3.52. The maximum atomic E-state index is 3.99. The third-order valence-electron chi connectivity index (χ3n) is 2.16. The van der Waals surface area contributed by atoms with Gasteiger partial charge in [0.1, 0.15) is 0 Å². The Morgan fingerprint density at radius 1 is 1.36 bits per heavy atom. The summed E-state index contributed by atoms with van der Waals surface area (Å²) in [6.45, 7) is 7.89. The van der Waals surface area contributed by atoms with E-state index in [0.29, 0.717) is 5.92 Å². The van der Waals surface area contributed by atoms with Gasteiger partial charge in [0.15, 0.2) is 0 Å². The summed E-state index contributed by atoms with van der Waals surface area (Å²) in [4.78, 5) is 7.97. The lowest BCUT2D eigenvalue weighted by Crippen LogP contribution is -1.89. The Kier molecular flexibility index (Phi) is 3.57. The van der Waals surface area contributed by atoms with E-state index >= 15 is 0 Å². The third-order valence-corrected chi connectivity index (χ3v) is 2.16. The van der Waals surface area contributed by atoms with Crippen molar-refractivity contribution in [2.24, 2.45) is 9.98 Å². The summed E-state index contributed by atoms with van der Waals surface area (Å²) < 4.78 is 0. The van der Waals surface area contributed by atoms with Crippen LogP contribution in [0.4, 0.5) is 5.69 Å². The van der Waals surface area contributed by atoms with Crippen LogP contribution >= 0.6 is 0 Å². The standard InChI is InChI=1S/C12H16N2/c1-9(2)10-5-6-11(8-13-3)12(7-10)14-4/h5-9H,4H2,1-3H3/b13-8-. The molecule has 0 radical (unpaired) electrons. The summed E-state index contributed by atoms with van der Waals surface area (Å²) in [5.41, 5.74) is 3.20. The van der Waals surface area contributed by atoms with Gasteiger partial charge in [0.25, 0.3) is 0 Å². The van der Waals surface area contributed by atoms with E-state index in [1.807, 2.05) is 6.07 Å². The Labute approximate surface area is 85.4 Å². The monoisotopic (exact) mass is 188 g/mol. The topological polar surface area (TPSA) is 24.7 Å². The second kappa shape index (κ2) is 4.70. The average Bonchev–Trinajstić information content (AvgIpc) is 2.18. The molecule has 0 bridgehead atoms. The van der Waals surface area contributed by atoms with Crippen molar-refractivity contribution in [1.29, 1.82) is 0 Å². The van der Waals surface area contributed by atoms with Crippen molar-refractivity contribution in [3.63, 3.8) is 0 Å². The van der Waals surface area contributed by atoms with Gasteiger partial charge in [-0.05, 0) is 24.3 Å². The molecular formula is C12H16N2. The van der Waals surface area contributed by atoms with Crippen LogP contribution in [0.1, 0.15) is 30.9 Å². The van der Waals surface area contributed by atoms with Crippen LogP contribution < -0.4 is 0 Å². The van der Waals surface area contributed by atoms with Crippen LogP contribution in [-0.2, 0) is 0 Å². The van der Waals surface area contributed by atoms with Crippen molar-refractivity contribution < 1.29 is 0 Å². The van der Waals surface area contributed by atoms with Gasteiger partial charge in [-0.25, -0.2) is 0 Å². The van der Waals surface area contributed by atoms with Gasteiger partial charge < -0.3 is 0 Å². The Morgan fingerprint density at radius 2 is 2.07 bits per heavy atom. The van der Waals surface area contributed by atoms with Crippen LogP contribution in [0.3, 0.4) is 0 Å². The highest BCUT2D eigenvalue weighted by atomic mass is 14.7. The number of hydrogen-bond acceptors (Lipinski definition) is 2. The first-order chi connectivity index (χ1) is 6.69. The molecule has 1 rings (SSSR count). The van der Waals surface area contributed by atoms with Crippen molar-refractivity contribution in [1.82, 2.24) is 0 Å². The molecule has 0 aliphatic heterocycles. The molecule has 74 valence electrons. The third kappa shape index (κ3) is 2.28. The van der Waals surface area contributed by atoms with Gasteiger partial charge in [-0.2, -0.15) is 0 Å². The molecule has 1 aromatic carbocycles. The zero-order valence-corrected chi connectivity index (χ0v) is 8.99. The van der Waals surface area contributed by atoms with Crippen molar-refractivity contribution in [3.05, 3.63) is 29.3 Å². The predicted molar refractivity (Wildman–Crippen MR) is 63.3 cm³/mol. The van der Waals surface area contributed by atoms with Gasteiger partial charge in [0, 0.05) is 18.8 Å². The summed E-state index contributed by atoms with van der Waals surface area (Å²) in [5, 5.41) is 0. The van der Waals surface area contributed by atoms with Crippen molar-refractivity contribution in [2.45, 2.75) is 19.8 Å². The van der Waals surface area contributed by atoms with Crippen LogP contribution in [0.5, 0.6) is 0 Å². The van der Waals surface area contributed by atoms with E-state index in [1.165, 1.54) is 5.56 Å². The molecule has 0 N–H and O–H groups in total. The van der Waals surface area contributed by atoms with Crippen LogP contribution in [-0.4, -0.2) is 20.0 Å².